The third-order valence-electron chi connectivity index (χ3n) is 3.81. The Hall–Kier alpha value is -1.47. The fourth-order valence-electron chi connectivity index (χ4n) is 2.54. The van der Waals surface area contributed by atoms with E-state index in [2.05, 4.69) is 4.98 Å². The van der Waals surface area contributed by atoms with Crippen molar-refractivity contribution in [3.8, 4) is 0 Å². The highest BCUT2D eigenvalue weighted by molar-refractivity contribution is 7.89. The standard InChI is InChI=1S/C14H20N2O4S/c17-14(18)2-1-13-5-9-16(11-13)21(19,20)10-6-12-3-7-15-8-4-12/h3-4,7-8,13H,1-2,5-6,9-11H2,(H,17,18). The zero-order valence-electron chi connectivity index (χ0n) is 11.8. The summed E-state index contributed by atoms with van der Waals surface area (Å²) in [5, 5.41) is 8.67. The van der Waals surface area contributed by atoms with E-state index in [9.17, 15) is 13.2 Å². The molecule has 0 aliphatic carbocycles. The maximum Gasteiger partial charge on any atom is 0.303 e. The highest BCUT2D eigenvalue weighted by atomic mass is 32.2. The van der Waals surface area contributed by atoms with Crippen LogP contribution in [0.1, 0.15) is 24.8 Å². The normalized spacial score (nSPS) is 19.7. The second-order valence-electron chi connectivity index (χ2n) is 5.37. The van der Waals surface area contributed by atoms with E-state index in [1.54, 1.807) is 12.4 Å². The first-order chi connectivity index (χ1) is 9.97. The molecule has 1 aromatic heterocycles. The highest BCUT2D eigenvalue weighted by Gasteiger charge is 2.31. The van der Waals surface area contributed by atoms with Crippen LogP contribution in [0.2, 0.25) is 0 Å². The maximum absolute atomic E-state index is 12.3. The minimum absolute atomic E-state index is 0.0860. The first-order valence-electron chi connectivity index (χ1n) is 7.06. The lowest BCUT2D eigenvalue weighted by Gasteiger charge is -2.16. The quantitative estimate of drug-likeness (QED) is 0.816. The van der Waals surface area contributed by atoms with Crippen molar-refractivity contribution < 1.29 is 18.3 Å². The van der Waals surface area contributed by atoms with Gasteiger partial charge in [0, 0.05) is 31.9 Å². The lowest BCUT2D eigenvalue weighted by atomic mass is 10.0. The summed E-state index contributed by atoms with van der Waals surface area (Å²) in [4.78, 5) is 14.5. The first-order valence-corrected chi connectivity index (χ1v) is 8.67. The van der Waals surface area contributed by atoms with Crippen molar-refractivity contribution in [3.63, 3.8) is 0 Å². The van der Waals surface area contributed by atoms with Crippen molar-refractivity contribution in [1.29, 1.82) is 0 Å². The molecule has 1 unspecified atom stereocenters. The number of sulfonamides is 1. The number of pyridine rings is 1. The number of nitrogens with zero attached hydrogens (tertiary/aromatic N) is 2. The average Bonchev–Trinajstić information content (AvgIpc) is 2.94. The molecule has 0 aromatic carbocycles. The second kappa shape index (κ2) is 7.00. The molecule has 0 bridgehead atoms. The molecule has 2 rings (SSSR count). The molecule has 21 heavy (non-hydrogen) atoms. The number of carboxylic acids is 1. The van der Waals surface area contributed by atoms with Crippen molar-refractivity contribution >= 4 is 16.0 Å². The van der Waals surface area contributed by atoms with Gasteiger partial charge in [0.1, 0.15) is 0 Å². The number of aliphatic carboxylic acids is 1. The van der Waals surface area contributed by atoms with Crippen LogP contribution in [0.5, 0.6) is 0 Å². The molecule has 7 heteroatoms. The van der Waals surface area contributed by atoms with Gasteiger partial charge in [0.15, 0.2) is 0 Å². The van der Waals surface area contributed by atoms with E-state index in [1.807, 2.05) is 12.1 Å². The molecule has 1 aliphatic heterocycles. The highest BCUT2D eigenvalue weighted by Crippen LogP contribution is 2.24. The Balaban J connectivity index is 1.84. The Labute approximate surface area is 124 Å². The van der Waals surface area contributed by atoms with Crippen molar-refractivity contribution in [2.24, 2.45) is 5.92 Å². The monoisotopic (exact) mass is 312 g/mol. The molecular formula is C14H20N2O4S. The topological polar surface area (TPSA) is 87.6 Å². The van der Waals surface area contributed by atoms with E-state index >= 15 is 0 Å². The van der Waals surface area contributed by atoms with Crippen LogP contribution in [0.4, 0.5) is 0 Å². The van der Waals surface area contributed by atoms with E-state index in [0.717, 1.165) is 12.0 Å². The van der Waals surface area contributed by atoms with Crippen LogP contribution in [0.3, 0.4) is 0 Å². The van der Waals surface area contributed by atoms with Gasteiger partial charge >= 0.3 is 5.97 Å². The van der Waals surface area contributed by atoms with E-state index in [1.165, 1.54) is 4.31 Å². The van der Waals surface area contributed by atoms with E-state index < -0.39 is 16.0 Å². The summed E-state index contributed by atoms with van der Waals surface area (Å²) in [6, 6.07) is 3.63. The number of aryl methyl sites for hydroxylation is 1. The summed E-state index contributed by atoms with van der Waals surface area (Å²) in [5.41, 5.74) is 0.954. The average molecular weight is 312 g/mol. The largest absolute Gasteiger partial charge is 0.481 e. The van der Waals surface area contributed by atoms with Gasteiger partial charge in [-0.3, -0.25) is 9.78 Å². The van der Waals surface area contributed by atoms with Crippen LogP contribution in [0.15, 0.2) is 24.5 Å². The summed E-state index contributed by atoms with van der Waals surface area (Å²) < 4.78 is 26.1. The predicted octanol–water partition coefficient (Wildman–Crippen LogP) is 1.14. The van der Waals surface area contributed by atoms with Crippen LogP contribution >= 0.6 is 0 Å². The summed E-state index contributed by atoms with van der Waals surface area (Å²) in [6.45, 7) is 0.953. The molecular weight excluding hydrogens is 292 g/mol. The molecule has 0 amide bonds. The van der Waals surface area contributed by atoms with Crippen LogP contribution in [0.25, 0.3) is 0 Å². The van der Waals surface area contributed by atoms with Crippen LogP contribution < -0.4 is 0 Å². The predicted molar refractivity (Wildman–Crippen MR) is 78.3 cm³/mol. The van der Waals surface area contributed by atoms with Gasteiger partial charge in [0.25, 0.3) is 0 Å². The lowest BCUT2D eigenvalue weighted by Crippen LogP contribution is -2.31. The van der Waals surface area contributed by atoms with Gasteiger partial charge in [0.2, 0.25) is 10.0 Å². The Morgan fingerprint density at radius 2 is 2.10 bits per heavy atom. The van der Waals surface area contributed by atoms with Crippen LogP contribution in [-0.2, 0) is 21.2 Å². The minimum Gasteiger partial charge on any atom is -0.481 e. The van der Waals surface area contributed by atoms with E-state index in [-0.39, 0.29) is 18.1 Å². The molecule has 1 saturated heterocycles. The molecule has 1 aliphatic rings. The number of carbonyl (C=O) groups is 1. The van der Waals surface area contributed by atoms with E-state index in [4.69, 9.17) is 5.11 Å². The van der Waals surface area contributed by atoms with Gasteiger partial charge in [-0.1, -0.05) is 0 Å². The summed E-state index contributed by atoms with van der Waals surface area (Å²) >= 11 is 0. The van der Waals surface area contributed by atoms with Gasteiger partial charge in [-0.15, -0.1) is 0 Å². The Kier molecular flexibility index (Phi) is 5.30. The third-order valence-corrected chi connectivity index (χ3v) is 5.64. The molecule has 6 nitrogen and oxygen atoms in total. The number of rotatable bonds is 7. The summed E-state index contributed by atoms with van der Waals surface area (Å²) in [6.07, 6.45) is 5.18. The van der Waals surface area contributed by atoms with E-state index in [0.29, 0.717) is 25.9 Å². The van der Waals surface area contributed by atoms with Gasteiger partial charge in [-0.2, -0.15) is 0 Å². The number of carboxylic acid groups (broad SMARTS) is 1. The molecule has 1 aromatic rings. The zero-order valence-corrected chi connectivity index (χ0v) is 12.6. The maximum atomic E-state index is 12.3. The molecule has 0 radical (unpaired) electrons. The second-order valence-corrected chi connectivity index (χ2v) is 7.46. The number of hydrogen-bond acceptors (Lipinski definition) is 4. The molecule has 1 fully saturated rings. The van der Waals surface area contributed by atoms with Crippen molar-refractivity contribution in [2.75, 3.05) is 18.8 Å². The van der Waals surface area contributed by atoms with Gasteiger partial charge < -0.3 is 5.11 Å². The van der Waals surface area contributed by atoms with Crippen LogP contribution in [-0.4, -0.2) is 47.6 Å². The van der Waals surface area contributed by atoms with Crippen molar-refractivity contribution in [3.05, 3.63) is 30.1 Å². The Morgan fingerprint density at radius 3 is 2.76 bits per heavy atom. The Morgan fingerprint density at radius 1 is 1.38 bits per heavy atom. The van der Waals surface area contributed by atoms with Crippen molar-refractivity contribution in [1.82, 2.24) is 9.29 Å². The Bertz CT molecular complexity index is 574. The van der Waals surface area contributed by atoms with Gasteiger partial charge in [-0.25, -0.2) is 12.7 Å². The van der Waals surface area contributed by atoms with Crippen molar-refractivity contribution in [2.45, 2.75) is 25.7 Å². The number of hydrogen-bond donors (Lipinski definition) is 1. The lowest BCUT2D eigenvalue weighted by molar-refractivity contribution is -0.137. The smallest absolute Gasteiger partial charge is 0.303 e. The fourth-order valence-corrected chi connectivity index (χ4v) is 4.11. The molecule has 2 heterocycles. The molecule has 1 N–H and O–H groups in total. The first kappa shape index (κ1) is 15.9. The SMILES string of the molecule is O=C(O)CCC1CCN(S(=O)(=O)CCc2ccncc2)C1. The summed E-state index contributed by atoms with van der Waals surface area (Å²) in [7, 11) is -3.26. The third kappa shape index (κ3) is 4.78. The van der Waals surface area contributed by atoms with Crippen LogP contribution in [0, 0.1) is 5.92 Å². The molecule has 116 valence electrons. The minimum atomic E-state index is -3.26. The zero-order chi connectivity index (χ0) is 15.3. The molecule has 1 atom stereocenters. The van der Waals surface area contributed by atoms with Gasteiger partial charge in [-0.05, 0) is 42.9 Å². The summed E-state index contributed by atoms with van der Waals surface area (Å²) in [5.74, 6) is -0.575. The fraction of sp³-hybridized carbons (Fsp3) is 0.571. The van der Waals surface area contributed by atoms with Gasteiger partial charge in [0.05, 0.1) is 5.75 Å². The molecule has 0 saturated carbocycles. The number of aromatic nitrogens is 1. The molecule has 0 spiro atoms.